The van der Waals surface area contributed by atoms with Crippen molar-refractivity contribution >= 4 is 11.9 Å². The van der Waals surface area contributed by atoms with Crippen LogP contribution in [-0.4, -0.2) is 56.9 Å². The molecule has 0 aliphatic heterocycles. The quantitative estimate of drug-likeness (QED) is 0.624. The van der Waals surface area contributed by atoms with Gasteiger partial charge in [-0.25, -0.2) is 0 Å². The van der Waals surface area contributed by atoms with Gasteiger partial charge in [-0.05, 0) is 0 Å². The summed E-state index contributed by atoms with van der Waals surface area (Å²) in [4.78, 5) is 19.5. The van der Waals surface area contributed by atoms with Crippen molar-refractivity contribution in [1.82, 2.24) is 15.3 Å². The zero-order valence-corrected chi connectivity index (χ0v) is 11.2. The van der Waals surface area contributed by atoms with Crippen LogP contribution in [0.1, 0.15) is 0 Å². The number of carbonyl (C=O) groups is 1. The Morgan fingerprint density at radius 2 is 1.84 bits per heavy atom. The summed E-state index contributed by atoms with van der Waals surface area (Å²) < 4.78 is 14.8. The monoisotopic (exact) mass is 270 g/mol. The maximum Gasteiger partial charge on any atom is 0.239 e. The van der Waals surface area contributed by atoms with Crippen LogP contribution in [0.25, 0.3) is 0 Å². The molecule has 2 N–H and O–H groups in total. The molecule has 0 radical (unpaired) electrons. The number of methoxy groups -OCH3 is 3. The third-order valence-corrected chi connectivity index (χ3v) is 2.13. The highest BCUT2D eigenvalue weighted by Gasteiger charge is 2.06. The molecule has 8 nitrogen and oxygen atoms in total. The highest BCUT2D eigenvalue weighted by atomic mass is 16.5. The van der Waals surface area contributed by atoms with Crippen LogP contribution in [0.2, 0.25) is 0 Å². The van der Waals surface area contributed by atoms with E-state index in [0.717, 1.165) is 0 Å². The molecule has 0 atom stereocenters. The summed E-state index contributed by atoms with van der Waals surface area (Å²) in [5.74, 6) is 0.795. The molecule has 106 valence electrons. The van der Waals surface area contributed by atoms with Crippen molar-refractivity contribution in [1.29, 1.82) is 0 Å². The molecule has 1 aromatic rings. The summed E-state index contributed by atoms with van der Waals surface area (Å²) in [5, 5.41) is 5.45. The van der Waals surface area contributed by atoms with Crippen molar-refractivity contribution in [3.05, 3.63) is 6.07 Å². The Morgan fingerprint density at radius 1 is 1.21 bits per heavy atom. The fourth-order valence-corrected chi connectivity index (χ4v) is 1.21. The van der Waals surface area contributed by atoms with Gasteiger partial charge in [-0.1, -0.05) is 0 Å². The minimum atomic E-state index is -0.178. The number of ether oxygens (including phenoxy) is 3. The standard InChI is InChI=1S/C11H18N4O4/c1-17-5-4-12-8(16)7-13-11-14-9(18-2)6-10(15-11)19-3/h6H,4-5,7H2,1-3H3,(H,12,16)(H,13,14,15). The predicted octanol–water partition coefficient (Wildman–Crippen LogP) is -0.332. The lowest BCUT2D eigenvalue weighted by atomic mass is 10.5. The summed E-state index contributed by atoms with van der Waals surface area (Å²) in [6, 6.07) is 1.55. The molecule has 8 heteroatoms. The Hall–Kier alpha value is -2.09. The van der Waals surface area contributed by atoms with Crippen LogP contribution >= 0.6 is 0 Å². The van der Waals surface area contributed by atoms with Gasteiger partial charge in [-0.3, -0.25) is 4.79 Å². The van der Waals surface area contributed by atoms with Crippen molar-refractivity contribution in [3.63, 3.8) is 0 Å². The minimum Gasteiger partial charge on any atom is -0.481 e. The molecule has 19 heavy (non-hydrogen) atoms. The van der Waals surface area contributed by atoms with Gasteiger partial charge >= 0.3 is 0 Å². The first-order chi connectivity index (χ1) is 9.19. The van der Waals surface area contributed by atoms with E-state index in [1.165, 1.54) is 14.2 Å². The number of carbonyl (C=O) groups excluding carboxylic acids is 1. The molecule has 0 saturated heterocycles. The Labute approximate surface area is 111 Å². The van der Waals surface area contributed by atoms with Gasteiger partial charge < -0.3 is 24.8 Å². The van der Waals surface area contributed by atoms with E-state index in [9.17, 15) is 4.79 Å². The molecule has 0 aliphatic carbocycles. The highest BCUT2D eigenvalue weighted by Crippen LogP contribution is 2.16. The Kier molecular flexibility index (Phi) is 6.37. The van der Waals surface area contributed by atoms with Crippen molar-refractivity contribution in [2.24, 2.45) is 0 Å². The van der Waals surface area contributed by atoms with Crippen LogP contribution < -0.4 is 20.1 Å². The second-order valence-corrected chi connectivity index (χ2v) is 3.47. The molecule has 0 saturated carbocycles. The van der Waals surface area contributed by atoms with Crippen LogP contribution in [0.15, 0.2) is 6.07 Å². The number of nitrogens with zero attached hydrogens (tertiary/aromatic N) is 2. The zero-order valence-electron chi connectivity index (χ0n) is 11.2. The average Bonchev–Trinajstić information content (AvgIpc) is 2.45. The van der Waals surface area contributed by atoms with E-state index in [-0.39, 0.29) is 18.4 Å². The second-order valence-electron chi connectivity index (χ2n) is 3.47. The van der Waals surface area contributed by atoms with Crippen molar-refractivity contribution in [2.75, 3.05) is 46.3 Å². The van der Waals surface area contributed by atoms with Crippen molar-refractivity contribution in [2.45, 2.75) is 0 Å². The van der Waals surface area contributed by atoms with Gasteiger partial charge in [0.25, 0.3) is 0 Å². The molecule has 0 unspecified atom stereocenters. The fourth-order valence-electron chi connectivity index (χ4n) is 1.21. The third kappa shape index (κ3) is 5.38. The highest BCUT2D eigenvalue weighted by molar-refractivity contribution is 5.80. The molecule has 1 aromatic heterocycles. The van der Waals surface area contributed by atoms with Crippen LogP contribution in [0.4, 0.5) is 5.95 Å². The number of rotatable bonds is 8. The number of hydrogen-bond acceptors (Lipinski definition) is 7. The van der Waals surface area contributed by atoms with Gasteiger partial charge in [0.15, 0.2) is 0 Å². The Morgan fingerprint density at radius 3 is 2.37 bits per heavy atom. The summed E-state index contributed by atoms with van der Waals surface area (Å²) in [6.45, 7) is 0.981. The van der Waals surface area contributed by atoms with Crippen LogP contribution in [0, 0.1) is 0 Å². The molecule has 0 bridgehead atoms. The molecular weight excluding hydrogens is 252 g/mol. The van der Waals surface area contributed by atoms with Gasteiger partial charge in [-0.15, -0.1) is 0 Å². The van der Waals surface area contributed by atoms with E-state index in [1.54, 1.807) is 13.2 Å². The van der Waals surface area contributed by atoms with Crippen LogP contribution in [0.5, 0.6) is 11.8 Å². The molecule has 1 amide bonds. The average molecular weight is 270 g/mol. The number of nitrogens with one attached hydrogen (secondary N) is 2. The maximum absolute atomic E-state index is 11.5. The molecule has 0 spiro atoms. The lowest BCUT2D eigenvalue weighted by molar-refractivity contribution is -0.119. The molecule has 0 aromatic carbocycles. The fraction of sp³-hybridized carbons (Fsp3) is 0.545. The van der Waals surface area contributed by atoms with Crippen LogP contribution in [0.3, 0.4) is 0 Å². The number of hydrogen-bond donors (Lipinski definition) is 2. The number of aromatic nitrogens is 2. The van der Waals surface area contributed by atoms with E-state index < -0.39 is 0 Å². The van der Waals surface area contributed by atoms with Gasteiger partial charge in [0.05, 0.1) is 33.4 Å². The smallest absolute Gasteiger partial charge is 0.239 e. The van der Waals surface area contributed by atoms with Gasteiger partial charge in [-0.2, -0.15) is 9.97 Å². The molecule has 1 heterocycles. The van der Waals surface area contributed by atoms with E-state index in [0.29, 0.717) is 24.9 Å². The predicted molar refractivity (Wildman–Crippen MR) is 68.5 cm³/mol. The maximum atomic E-state index is 11.5. The molecule has 0 aliphatic rings. The van der Waals surface area contributed by atoms with E-state index in [2.05, 4.69) is 20.6 Å². The zero-order chi connectivity index (χ0) is 14.1. The summed E-state index contributed by atoms with van der Waals surface area (Å²) in [5.41, 5.74) is 0. The SMILES string of the molecule is COCCNC(=O)CNc1nc(OC)cc(OC)n1. The topological polar surface area (TPSA) is 94.6 Å². The molecular formula is C11H18N4O4. The van der Waals surface area contributed by atoms with Gasteiger partial charge in [0.2, 0.25) is 23.6 Å². The lowest BCUT2D eigenvalue weighted by Crippen LogP contribution is -2.32. The van der Waals surface area contributed by atoms with Gasteiger partial charge in [0.1, 0.15) is 0 Å². The Balaban J connectivity index is 2.50. The number of amides is 1. The molecule has 0 fully saturated rings. The Bertz CT molecular complexity index is 391. The van der Waals surface area contributed by atoms with Crippen molar-refractivity contribution < 1.29 is 19.0 Å². The van der Waals surface area contributed by atoms with E-state index in [4.69, 9.17) is 14.2 Å². The second kappa shape index (κ2) is 8.09. The lowest BCUT2D eigenvalue weighted by Gasteiger charge is -2.08. The number of anilines is 1. The van der Waals surface area contributed by atoms with Gasteiger partial charge in [0, 0.05) is 13.7 Å². The first kappa shape index (κ1) is 15.0. The largest absolute Gasteiger partial charge is 0.481 e. The summed E-state index contributed by atoms with van der Waals surface area (Å²) in [7, 11) is 4.55. The third-order valence-electron chi connectivity index (χ3n) is 2.13. The minimum absolute atomic E-state index is 0.0556. The first-order valence-corrected chi connectivity index (χ1v) is 5.66. The van der Waals surface area contributed by atoms with E-state index in [1.807, 2.05) is 0 Å². The van der Waals surface area contributed by atoms with E-state index >= 15 is 0 Å². The normalized spacial score (nSPS) is 9.84. The first-order valence-electron chi connectivity index (χ1n) is 5.66. The molecule has 1 rings (SSSR count). The summed E-state index contributed by atoms with van der Waals surface area (Å²) >= 11 is 0. The summed E-state index contributed by atoms with van der Waals surface area (Å²) in [6.07, 6.45) is 0. The van der Waals surface area contributed by atoms with Crippen molar-refractivity contribution in [3.8, 4) is 11.8 Å². The van der Waals surface area contributed by atoms with Crippen LogP contribution in [-0.2, 0) is 9.53 Å².